The second-order valence-corrected chi connectivity index (χ2v) is 4.71. The Balaban J connectivity index is 1.98. The Morgan fingerprint density at radius 1 is 1.19 bits per heavy atom. The summed E-state index contributed by atoms with van der Waals surface area (Å²) in [5.74, 6) is 0.783. The lowest BCUT2D eigenvalue weighted by Crippen LogP contribution is -2.09. The van der Waals surface area contributed by atoms with Crippen molar-refractivity contribution in [3.05, 3.63) is 47.2 Å². The number of anilines is 3. The fourth-order valence-corrected chi connectivity index (χ4v) is 1.96. The van der Waals surface area contributed by atoms with Crippen LogP contribution in [0.25, 0.3) is 5.95 Å². The summed E-state index contributed by atoms with van der Waals surface area (Å²) in [5, 5.41) is 7.82. The normalized spacial score (nSPS) is 10.6. The first-order valence-electron chi connectivity index (χ1n) is 6.17. The highest BCUT2D eigenvalue weighted by Crippen LogP contribution is 2.25. The highest BCUT2D eigenvalue weighted by molar-refractivity contribution is 6.31. The third-order valence-electron chi connectivity index (χ3n) is 2.86. The number of nitrogen functional groups attached to an aromatic ring is 1. The molecule has 0 aliphatic rings. The Hall–Kier alpha value is -2.67. The number of nitrogens with zero attached hydrogens (tertiary/aromatic N) is 5. The van der Waals surface area contributed by atoms with Crippen LogP contribution in [0.3, 0.4) is 0 Å². The summed E-state index contributed by atoms with van der Waals surface area (Å²) >= 11 is 6.09. The molecule has 0 aliphatic carbocycles. The molecule has 7 nitrogen and oxygen atoms in total. The van der Waals surface area contributed by atoms with Crippen LogP contribution in [0.5, 0.6) is 0 Å². The Labute approximate surface area is 125 Å². The van der Waals surface area contributed by atoms with E-state index in [0.717, 1.165) is 11.3 Å². The molecule has 0 aliphatic heterocycles. The predicted molar refractivity (Wildman–Crippen MR) is 80.8 cm³/mol. The zero-order chi connectivity index (χ0) is 14.8. The molecule has 0 radical (unpaired) electrons. The number of nitrogens with one attached hydrogen (secondary N) is 1. The largest absolute Gasteiger partial charge is 0.368 e. The average Bonchev–Trinajstić information content (AvgIpc) is 2.97. The van der Waals surface area contributed by atoms with E-state index in [9.17, 15) is 0 Å². The van der Waals surface area contributed by atoms with Crippen molar-refractivity contribution < 1.29 is 0 Å². The van der Waals surface area contributed by atoms with Crippen LogP contribution < -0.4 is 11.1 Å². The van der Waals surface area contributed by atoms with Crippen molar-refractivity contribution in [1.82, 2.24) is 24.7 Å². The maximum absolute atomic E-state index is 6.09. The summed E-state index contributed by atoms with van der Waals surface area (Å²) < 4.78 is 1.51. The van der Waals surface area contributed by atoms with Gasteiger partial charge < -0.3 is 11.1 Å². The summed E-state index contributed by atoms with van der Waals surface area (Å²) in [4.78, 5) is 12.4. The van der Waals surface area contributed by atoms with Crippen LogP contribution in [0.1, 0.15) is 5.56 Å². The molecule has 106 valence electrons. The lowest BCUT2D eigenvalue weighted by atomic mass is 10.2. The van der Waals surface area contributed by atoms with Gasteiger partial charge in [-0.1, -0.05) is 17.7 Å². The van der Waals surface area contributed by atoms with E-state index in [1.54, 1.807) is 18.5 Å². The Morgan fingerprint density at radius 2 is 2.05 bits per heavy atom. The van der Waals surface area contributed by atoms with Gasteiger partial charge in [-0.15, -0.1) is 0 Å². The van der Waals surface area contributed by atoms with Gasteiger partial charge in [0.15, 0.2) is 0 Å². The van der Waals surface area contributed by atoms with Gasteiger partial charge in [0.1, 0.15) is 0 Å². The second kappa shape index (κ2) is 5.37. The molecule has 1 aromatic carbocycles. The van der Waals surface area contributed by atoms with Crippen LogP contribution in [-0.4, -0.2) is 24.7 Å². The molecule has 2 heterocycles. The van der Waals surface area contributed by atoms with Crippen molar-refractivity contribution in [3.8, 4) is 5.95 Å². The van der Waals surface area contributed by atoms with E-state index in [0.29, 0.717) is 16.9 Å². The van der Waals surface area contributed by atoms with Gasteiger partial charge in [-0.05, 0) is 30.7 Å². The van der Waals surface area contributed by atoms with Crippen LogP contribution in [-0.2, 0) is 0 Å². The van der Waals surface area contributed by atoms with Crippen LogP contribution in [0.4, 0.5) is 17.6 Å². The summed E-state index contributed by atoms with van der Waals surface area (Å²) in [7, 11) is 0. The molecule has 8 heteroatoms. The number of benzene rings is 1. The molecule has 3 N–H and O–H groups in total. The van der Waals surface area contributed by atoms with E-state index in [-0.39, 0.29) is 5.95 Å². The number of rotatable bonds is 3. The van der Waals surface area contributed by atoms with Gasteiger partial charge in [-0.2, -0.15) is 20.1 Å². The van der Waals surface area contributed by atoms with Crippen molar-refractivity contribution in [2.45, 2.75) is 6.92 Å². The topological polar surface area (TPSA) is 94.5 Å². The summed E-state index contributed by atoms with van der Waals surface area (Å²) in [6.07, 6.45) is 3.36. The molecule has 0 atom stereocenters. The predicted octanol–water partition coefficient (Wildman–Crippen LogP) is 2.34. The van der Waals surface area contributed by atoms with Gasteiger partial charge in [0.2, 0.25) is 11.9 Å². The maximum Gasteiger partial charge on any atom is 0.257 e. The molecular weight excluding hydrogens is 290 g/mol. The van der Waals surface area contributed by atoms with Crippen molar-refractivity contribution in [2.24, 2.45) is 0 Å². The lowest BCUT2D eigenvalue weighted by molar-refractivity contribution is 0.801. The van der Waals surface area contributed by atoms with Gasteiger partial charge in [0.25, 0.3) is 5.95 Å². The van der Waals surface area contributed by atoms with Crippen molar-refractivity contribution in [2.75, 3.05) is 11.1 Å². The van der Waals surface area contributed by atoms with Gasteiger partial charge in [-0.25, -0.2) is 4.68 Å². The average molecular weight is 302 g/mol. The molecule has 0 spiro atoms. The maximum atomic E-state index is 6.09. The Kier molecular flexibility index (Phi) is 3.41. The summed E-state index contributed by atoms with van der Waals surface area (Å²) in [6.45, 7) is 1.91. The van der Waals surface area contributed by atoms with Gasteiger partial charge in [0, 0.05) is 23.1 Å². The van der Waals surface area contributed by atoms with E-state index in [1.807, 2.05) is 25.1 Å². The molecule has 3 rings (SSSR count). The standard InChI is InChI=1S/C13H12ClN7/c1-8-9(14)4-2-5-10(8)17-12-18-11(15)19-13(20-12)21-7-3-6-16-21/h2-7H,1H3,(H3,15,17,18,19,20). The van der Waals surface area contributed by atoms with Gasteiger partial charge >= 0.3 is 0 Å². The van der Waals surface area contributed by atoms with Crippen LogP contribution >= 0.6 is 11.6 Å². The Bertz CT molecular complexity index is 770. The summed E-state index contributed by atoms with van der Waals surface area (Å²) in [6, 6.07) is 7.32. The monoisotopic (exact) mass is 301 g/mol. The smallest absolute Gasteiger partial charge is 0.257 e. The molecule has 0 amide bonds. The van der Waals surface area contributed by atoms with Crippen LogP contribution in [0.15, 0.2) is 36.7 Å². The first-order valence-corrected chi connectivity index (χ1v) is 6.55. The molecule has 0 fully saturated rings. The van der Waals surface area contributed by atoms with E-state index < -0.39 is 0 Å². The van der Waals surface area contributed by atoms with Crippen molar-refractivity contribution >= 4 is 29.2 Å². The Morgan fingerprint density at radius 3 is 2.81 bits per heavy atom. The first kappa shape index (κ1) is 13.3. The highest BCUT2D eigenvalue weighted by Gasteiger charge is 2.09. The number of halogens is 1. The van der Waals surface area contributed by atoms with E-state index in [4.69, 9.17) is 17.3 Å². The minimum absolute atomic E-state index is 0.109. The third-order valence-corrected chi connectivity index (χ3v) is 3.27. The van der Waals surface area contributed by atoms with Gasteiger partial charge in [0.05, 0.1) is 0 Å². The quantitative estimate of drug-likeness (QED) is 0.771. The molecule has 0 unspecified atom stereocenters. The van der Waals surface area contributed by atoms with E-state index >= 15 is 0 Å². The highest BCUT2D eigenvalue weighted by atomic mass is 35.5. The molecule has 3 aromatic rings. The number of aromatic nitrogens is 5. The fraction of sp³-hybridized carbons (Fsp3) is 0.0769. The summed E-state index contributed by atoms with van der Waals surface area (Å²) in [5.41, 5.74) is 7.42. The van der Waals surface area contributed by atoms with Crippen molar-refractivity contribution in [3.63, 3.8) is 0 Å². The minimum Gasteiger partial charge on any atom is -0.368 e. The second-order valence-electron chi connectivity index (χ2n) is 4.31. The number of hydrogen-bond acceptors (Lipinski definition) is 6. The molecule has 2 aromatic heterocycles. The van der Waals surface area contributed by atoms with E-state index in [2.05, 4.69) is 25.4 Å². The first-order chi connectivity index (χ1) is 10.1. The lowest BCUT2D eigenvalue weighted by Gasteiger charge is -2.10. The molecule has 0 bridgehead atoms. The van der Waals surface area contributed by atoms with E-state index in [1.165, 1.54) is 4.68 Å². The van der Waals surface area contributed by atoms with Crippen LogP contribution in [0, 0.1) is 6.92 Å². The zero-order valence-corrected chi connectivity index (χ0v) is 11.9. The zero-order valence-electron chi connectivity index (χ0n) is 11.2. The fourth-order valence-electron chi connectivity index (χ4n) is 1.79. The van der Waals surface area contributed by atoms with Gasteiger partial charge in [-0.3, -0.25) is 0 Å². The molecular formula is C13H12ClN7. The SMILES string of the molecule is Cc1c(Cl)cccc1Nc1nc(N)nc(-n2cccn2)n1. The molecule has 21 heavy (non-hydrogen) atoms. The molecule has 0 saturated carbocycles. The van der Waals surface area contributed by atoms with Crippen molar-refractivity contribution in [1.29, 1.82) is 0 Å². The molecule has 0 saturated heterocycles. The number of hydrogen-bond donors (Lipinski definition) is 2. The minimum atomic E-state index is 0.109. The number of nitrogens with two attached hydrogens (primary N) is 1. The third kappa shape index (κ3) is 2.77. The van der Waals surface area contributed by atoms with Crippen LogP contribution in [0.2, 0.25) is 5.02 Å².